The highest BCUT2D eigenvalue weighted by Crippen LogP contribution is 2.26. The lowest BCUT2D eigenvalue weighted by atomic mass is 10.00. The number of hydrogen-bond donors (Lipinski definition) is 0. The summed E-state index contributed by atoms with van der Waals surface area (Å²) in [6, 6.07) is 7.95. The first-order chi connectivity index (χ1) is 11.7. The third kappa shape index (κ3) is 4.15. The van der Waals surface area contributed by atoms with Gasteiger partial charge in [0.2, 0.25) is 5.91 Å². The molecule has 1 amide bonds. The Morgan fingerprint density at radius 1 is 1.38 bits per heavy atom. The van der Waals surface area contributed by atoms with Crippen molar-refractivity contribution >= 4 is 17.2 Å². The van der Waals surface area contributed by atoms with Crippen molar-refractivity contribution in [3.05, 3.63) is 35.3 Å². The minimum absolute atomic E-state index is 0.199. The zero-order valence-electron chi connectivity index (χ0n) is 14.3. The van der Waals surface area contributed by atoms with E-state index in [-0.39, 0.29) is 5.91 Å². The molecule has 1 aromatic heterocycles. The molecular formula is C19H24N2O2S. The molecule has 1 unspecified atom stereocenters. The van der Waals surface area contributed by atoms with E-state index in [0.29, 0.717) is 18.9 Å². The molecule has 24 heavy (non-hydrogen) atoms. The molecule has 0 N–H and O–H groups in total. The number of ether oxygens (including phenoxy) is 1. The minimum atomic E-state index is 0.199. The van der Waals surface area contributed by atoms with Crippen LogP contribution in [0, 0.1) is 5.92 Å². The molecule has 1 saturated heterocycles. The molecule has 1 aliphatic rings. The average Bonchev–Trinajstić information content (AvgIpc) is 3.04. The van der Waals surface area contributed by atoms with E-state index in [1.54, 1.807) is 11.3 Å². The number of amides is 1. The lowest BCUT2D eigenvalue weighted by Gasteiger charge is -2.30. The number of piperidine rings is 1. The zero-order valence-corrected chi connectivity index (χ0v) is 15.1. The summed E-state index contributed by atoms with van der Waals surface area (Å²) in [5.74, 6) is 1.68. The number of carbonyl (C=O) groups is 1. The second-order valence-corrected chi connectivity index (χ2v) is 7.22. The van der Waals surface area contributed by atoms with Crippen LogP contribution in [0.3, 0.4) is 0 Å². The van der Waals surface area contributed by atoms with Crippen molar-refractivity contribution in [2.45, 2.75) is 33.1 Å². The van der Waals surface area contributed by atoms with Crippen molar-refractivity contribution in [1.29, 1.82) is 0 Å². The molecule has 3 rings (SSSR count). The molecular weight excluding hydrogens is 320 g/mol. The summed E-state index contributed by atoms with van der Waals surface area (Å²) in [5.41, 5.74) is 1.93. The Morgan fingerprint density at radius 3 is 2.88 bits per heavy atom. The predicted octanol–water partition coefficient (Wildman–Crippen LogP) is 4.01. The molecule has 1 fully saturated rings. The lowest BCUT2D eigenvalue weighted by Crippen LogP contribution is -2.39. The van der Waals surface area contributed by atoms with E-state index < -0.39 is 0 Å². The first kappa shape index (κ1) is 17.0. The Kier molecular flexibility index (Phi) is 5.51. The van der Waals surface area contributed by atoms with Crippen LogP contribution < -0.4 is 4.74 Å². The molecule has 0 radical (unpaired) electrons. The molecule has 0 aliphatic carbocycles. The number of hydrogen-bond acceptors (Lipinski definition) is 4. The fraction of sp³-hybridized carbons (Fsp3) is 0.474. The van der Waals surface area contributed by atoms with Crippen LogP contribution in [-0.4, -0.2) is 35.5 Å². The highest BCUT2D eigenvalue weighted by atomic mass is 32.1. The van der Waals surface area contributed by atoms with Crippen molar-refractivity contribution in [2.24, 2.45) is 5.92 Å². The maximum atomic E-state index is 12.4. The molecule has 1 aromatic carbocycles. The smallest absolute Gasteiger partial charge is 0.228 e. The zero-order chi connectivity index (χ0) is 16.9. The topological polar surface area (TPSA) is 42.4 Å². The predicted molar refractivity (Wildman–Crippen MR) is 97.4 cm³/mol. The fourth-order valence-corrected chi connectivity index (χ4v) is 3.89. The molecule has 2 aromatic rings. The van der Waals surface area contributed by atoms with Crippen LogP contribution in [-0.2, 0) is 11.2 Å². The first-order valence-corrected chi connectivity index (χ1v) is 9.49. The summed E-state index contributed by atoms with van der Waals surface area (Å²) < 4.78 is 5.46. The number of aromatic nitrogens is 1. The van der Waals surface area contributed by atoms with Gasteiger partial charge in [-0.25, -0.2) is 4.98 Å². The average molecular weight is 344 g/mol. The summed E-state index contributed by atoms with van der Waals surface area (Å²) in [5, 5.41) is 2.95. The van der Waals surface area contributed by atoms with Gasteiger partial charge in [0.05, 0.1) is 18.7 Å². The SMILES string of the molecule is CCOc1ccc(-c2nc(CC(=O)N3CCCC(C)C3)cs2)cc1. The van der Waals surface area contributed by atoms with Crippen molar-refractivity contribution in [2.75, 3.05) is 19.7 Å². The highest BCUT2D eigenvalue weighted by Gasteiger charge is 2.21. The van der Waals surface area contributed by atoms with E-state index in [1.807, 2.05) is 41.5 Å². The summed E-state index contributed by atoms with van der Waals surface area (Å²) in [4.78, 5) is 19.1. The van der Waals surface area contributed by atoms with Crippen LogP contribution in [0.25, 0.3) is 10.6 Å². The molecule has 4 nitrogen and oxygen atoms in total. The summed E-state index contributed by atoms with van der Waals surface area (Å²) >= 11 is 1.59. The van der Waals surface area contributed by atoms with E-state index >= 15 is 0 Å². The van der Waals surface area contributed by atoms with Crippen molar-refractivity contribution in [3.8, 4) is 16.3 Å². The first-order valence-electron chi connectivity index (χ1n) is 8.61. The van der Waals surface area contributed by atoms with Crippen LogP contribution in [0.5, 0.6) is 5.75 Å². The Hall–Kier alpha value is -1.88. The van der Waals surface area contributed by atoms with Gasteiger partial charge >= 0.3 is 0 Å². The van der Waals surface area contributed by atoms with Gasteiger partial charge in [0.25, 0.3) is 0 Å². The Labute approximate surface area is 147 Å². The molecule has 2 heterocycles. The molecule has 0 spiro atoms. The monoisotopic (exact) mass is 344 g/mol. The third-order valence-corrected chi connectivity index (χ3v) is 5.25. The second-order valence-electron chi connectivity index (χ2n) is 6.37. The third-order valence-electron chi connectivity index (χ3n) is 4.31. The maximum Gasteiger partial charge on any atom is 0.228 e. The quantitative estimate of drug-likeness (QED) is 0.823. The number of benzene rings is 1. The van der Waals surface area contributed by atoms with Crippen LogP contribution in [0.15, 0.2) is 29.6 Å². The van der Waals surface area contributed by atoms with Gasteiger partial charge in [0.15, 0.2) is 0 Å². The van der Waals surface area contributed by atoms with E-state index in [1.165, 1.54) is 6.42 Å². The van der Waals surface area contributed by atoms with Gasteiger partial charge in [-0.1, -0.05) is 6.92 Å². The number of thiazole rings is 1. The number of nitrogens with zero attached hydrogens (tertiary/aromatic N) is 2. The van der Waals surface area contributed by atoms with E-state index in [4.69, 9.17) is 4.74 Å². The Bertz CT molecular complexity index is 681. The number of carbonyl (C=O) groups excluding carboxylic acids is 1. The van der Waals surface area contributed by atoms with Crippen molar-refractivity contribution in [1.82, 2.24) is 9.88 Å². The van der Waals surface area contributed by atoms with E-state index in [2.05, 4.69) is 11.9 Å². The lowest BCUT2D eigenvalue weighted by molar-refractivity contribution is -0.132. The van der Waals surface area contributed by atoms with Crippen LogP contribution in [0.1, 0.15) is 32.4 Å². The van der Waals surface area contributed by atoms with Gasteiger partial charge < -0.3 is 9.64 Å². The molecule has 0 bridgehead atoms. The molecule has 1 atom stereocenters. The molecule has 1 aliphatic heterocycles. The van der Waals surface area contributed by atoms with Gasteiger partial charge in [0.1, 0.15) is 10.8 Å². The molecule has 0 saturated carbocycles. The summed E-state index contributed by atoms with van der Waals surface area (Å²) in [7, 11) is 0. The van der Waals surface area contributed by atoms with Crippen molar-refractivity contribution < 1.29 is 9.53 Å². The van der Waals surface area contributed by atoms with E-state index in [9.17, 15) is 4.79 Å². The summed E-state index contributed by atoms with van der Waals surface area (Å²) in [6.07, 6.45) is 2.74. The van der Waals surface area contributed by atoms with Crippen LogP contribution in [0.4, 0.5) is 0 Å². The largest absolute Gasteiger partial charge is 0.494 e. The highest BCUT2D eigenvalue weighted by molar-refractivity contribution is 7.13. The fourth-order valence-electron chi connectivity index (χ4n) is 3.06. The van der Waals surface area contributed by atoms with Gasteiger partial charge in [0, 0.05) is 24.0 Å². The van der Waals surface area contributed by atoms with Crippen LogP contribution >= 0.6 is 11.3 Å². The summed E-state index contributed by atoms with van der Waals surface area (Å²) in [6.45, 7) is 6.62. The number of rotatable bonds is 5. The van der Waals surface area contributed by atoms with Gasteiger partial charge in [-0.3, -0.25) is 4.79 Å². The van der Waals surface area contributed by atoms with Gasteiger partial charge in [-0.05, 0) is 49.9 Å². The number of likely N-dealkylation sites (tertiary alicyclic amines) is 1. The Balaban J connectivity index is 1.63. The van der Waals surface area contributed by atoms with Crippen molar-refractivity contribution in [3.63, 3.8) is 0 Å². The standard InChI is InChI=1S/C19H24N2O2S/c1-3-23-17-8-6-15(7-9-17)19-20-16(13-24-19)11-18(22)21-10-4-5-14(2)12-21/h6-9,13-14H,3-5,10-12H2,1-2H3. The van der Waals surface area contributed by atoms with Gasteiger partial charge in [-0.15, -0.1) is 11.3 Å². The molecule has 128 valence electrons. The minimum Gasteiger partial charge on any atom is -0.494 e. The normalized spacial score (nSPS) is 17.8. The van der Waals surface area contributed by atoms with Crippen LogP contribution in [0.2, 0.25) is 0 Å². The second kappa shape index (κ2) is 7.79. The Morgan fingerprint density at radius 2 is 2.17 bits per heavy atom. The van der Waals surface area contributed by atoms with Gasteiger partial charge in [-0.2, -0.15) is 0 Å². The van der Waals surface area contributed by atoms with E-state index in [0.717, 1.165) is 41.5 Å². The molecule has 5 heteroatoms. The maximum absolute atomic E-state index is 12.4.